The molecule has 0 saturated carbocycles. The fourth-order valence-corrected chi connectivity index (χ4v) is 2.06. The summed E-state index contributed by atoms with van der Waals surface area (Å²) in [6.07, 6.45) is 0. The Hall–Kier alpha value is -2.34. The highest BCUT2D eigenvalue weighted by atomic mass is 35.5. The van der Waals surface area contributed by atoms with Crippen molar-refractivity contribution in [1.82, 2.24) is 0 Å². The van der Waals surface area contributed by atoms with Gasteiger partial charge in [0, 0.05) is 29.3 Å². The Morgan fingerprint density at radius 1 is 1.38 bits per heavy atom. The number of halogens is 2. The van der Waals surface area contributed by atoms with E-state index in [4.69, 9.17) is 16.3 Å². The van der Waals surface area contributed by atoms with Crippen LogP contribution in [-0.2, 0) is 6.54 Å². The number of hydrogen-bond acceptors (Lipinski definition) is 4. The van der Waals surface area contributed by atoms with Crippen LogP contribution in [0.25, 0.3) is 0 Å². The molecule has 0 aliphatic carbocycles. The summed E-state index contributed by atoms with van der Waals surface area (Å²) in [5.74, 6) is -0.0209. The highest BCUT2D eigenvalue weighted by molar-refractivity contribution is 6.31. The molecule has 7 heteroatoms. The minimum Gasteiger partial charge on any atom is -0.495 e. The van der Waals surface area contributed by atoms with Gasteiger partial charge in [0.15, 0.2) is 0 Å². The second kappa shape index (κ2) is 6.41. The minimum absolute atomic E-state index is 0.0852. The molecule has 0 spiro atoms. The van der Waals surface area contributed by atoms with Gasteiger partial charge in [-0.05, 0) is 18.2 Å². The summed E-state index contributed by atoms with van der Waals surface area (Å²) in [7, 11) is 1.45. The first-order chi connectivity index (χ1) is 10.0. The highest BCUT2D eigenvalue weighted by Crippen LogP contribution is 2.30. The van der Waals surface area contributed by atoms with Crippen LogP contribution in [0.4, 0.5) is 15.8 Å². The zero-order chi connectivity index (χ0) is 15.4. The lowest BCUT2D eigenvalue weighted by molar-refractivity contribution is -0.384. The Morgan fingerprint density at radius 2 is 2.14 bits per heavy atom. The number of nitro groups is 1. The maximum Gasteiger partial charge on any atom is 0.271 e. The Labute approximate surface area is 125 Å². The van der Waals surface area contributed by atoms with E-state index in [0.717, 1.165) is 0 Å². The van der Waals surface area contributed by atoms with Crippen molar-refractivity contribution in [3.05, 3.63) is 62.9 Å². The van der Waals surface area contributed by atoms with Crippen molar-refractivity contribution in [2.45, 2.75) is 6.54 Å². The lowest BCUT2D eigenvalue weighted by atomic mass is 10.2. The SMILES string of the molecule is COc1ccc([N+](=O)[O-])cc1NCc1c(F)cccc1Cl. The lowest BCUT2D eigenvalue weighted by Crippen LogP contribution is -2.04. The molecule has 2 aromatic rings. The molecule has 110 valence electrons. The zero-order valence-electron chi connectivity index (χ0n) is 11.1. The average Bonchev–Trinajstić information content (AvgIpc) is 2.46. The number of non-ortho nitro benzene ring substituents is 1. The van der Waals surface area contributed by atoms with Gasteiger partial charge in [-0.25, -0.2) is 4.39 Å². The molecule has 0 fully saturated rings. The first kappa shape index (κ1) is 15.1. The Balaban J connectivity index is 2.26. The van der Waals surface area contributed by atoms with E-state index in [1.807, 2.05) is 0 Å². The van der Waals surface area contributed by atoms with Gasteiger partial charge in [-0.3, -0.25) is 10.1 Å². The van der Waals surface area contributed by atoms with Crippen LogP contribution in [0, 0.1) is 15.9 Å². The van der Waals surface area contributed by atoms with Gasteiger partial charge in [0.05, 0.1) is 17.7 Å². The van der Waals surface area contributed by atoms with E-state index in [2.05, 4.69) is 5.32 Å². The molecular weight excluding hydrogens is 299 g/mol. The van der Waals surface area contributed by atoms with E-state index in [-0.39, 0.29) is 22.8 Å². The smallest absolute Gasteiger partial charge is 0.271 e. The summed E-state index contributed by atoms with van der Waals surface area (Å²) < 4.78 is 18.8. The number of nitro benzene ring substituents is 1. The van der Waals surface area contributed by atoms with Crippen LogP contribution < -0.4 is 10.1 Å². The second-order valence-electron chi connectivity index (χ2n) is 4.20. The predicted molar refractivity (Wildman–Crippen MR) is 78.4 cm³/mol. The standard InChI is InChI=1S/C14H12ClFN2O3/c1-21-14-6-5-9(18(19)20)7-13(14)17-8-10-11(15)3-2-4-12(10)16/h2-7,17H,8H2,1H3. The minimum atomic E-state index is -0.513. The molecule has 5 nitrogen and oxygen atoms in total. The van der Waals surface area contributed by atoms with Gasteiger partial charge >= 0.3 is 0 Å². The molecule has 0 aliphatic rings. The number of methoxy groups -OCH3 is 1. The molecule has 1 N–H and O–H groups in total. The molecule has 0 saturated heterocycles. The number of anilines is 1. The number of ether oxygens (including phenoxy) is 1. The second-order valence-corrected chi connectivity index (χ2v) is 4.60. The molecule has 0 bridgehead atoms. The van der Waals surface area contributed by atoms with E-state index in [9.17, 15) is 14.5 Å². The molecule has 0 aliphatic heterocycles. The number of nitrogens with one attached hydrogen (secondary N) is 1. The van der Waals surface area contributed by atoms with Gasteiger partial charge in [0.25, 0.3) is 5.69 Å². The maximum absolute atomic E-state index is 13.7. The van der Waals surface area contributed by atoms with Gasteiger partial charge < -0.3 is 10.1 Å². The van der Waals surface area contributed by atoms with Crippen LogP contribution in [-0.4, -0.2) is 12.0 Å². The third-order valence-corrected chi connectivity index (χ3v) is 3.27. The Morgan fingerprint density at radius 3 is 2.76 bits per heavy atom. The van der Waals surface area contributed by atoms with Crippen molar-refractivity contribution >= 4 is 23.0 Å². The highest BCUT2D eigenvalue weighted by Gasteiger charge is 2.13. The van der Waals surface area contributed by atoms with Crippen LogP contribution in [0.1, 0.15) is 5.56 Å². The zero-order valence-corrected chi connectivity index (χ0v) is 11.9. The van der Waals surface area contributed by atoms with Gasteiger partial charge in [-0.2, -0.15) is 0 Å². The summed E-state index contributed by atoms with van der Waals surface area (Å²) in [4.78, 5) is 10.3. The van der Waals surface area contributed by atoms with E-state index < -0.39 is 10.7 Å². The van der Waals surface area contributed by atoms with Gasteiger partial charge in [-0.15, -0.1) is 0 Å². The van der Waals surface area contributed by atoms with Gasteiger partial charge in [0.1, 0.15) is 11.6 Å². The van der Waals surface area contributed by atoms with Crippen LogP contribution in [0.3, 0.4) is 0 Å². The molecule has 0 heterocycles. The van der Waals surface area contributed by atoms with E-state index in [1.165, 1.54) is 37.4 Å². The van der Waals surface area contributed by atoms with Crippen molar-refractivity contribution in [2.75, 3.05) is 12.4 Å². The van der Waals surface area contributed by atoms with Crippen LogP contribution >= 0.6 is 11.6 Å². The topological polar surface area (TPSA) is 64.4 Å². The number of nitrogens with zero attached hydrogens (tertiary/aromatic N) is 1. The first-order valence-corrected chi connectivity index (χ1v) is 6.40. The van der Waals surface area contributed by atoms with Gasteiger partial charge in [0.2, 0.25) is 0 Å². The van der Waals surface area contributed by atoms with Crippen molar-refractivity contribution in [3.8, 4) is 5.75 Å². The maximum atomic E-state index is 13.7. The molecule has 21 heavy (non-hydrogen) atoms. The Kier molecular flexibility index (Phi) is 4.59. The monoisotopic (exact) mass is 310 g/mol. The molecule has 0 radical (unpaired) electrons. The molecule has 0 atom stereocenters. The first-order valence-electron chi connectivity index (χ1n) is 6.02. The number of hydrogen-bond donors (Lipinski definition) is 1. The third-order valence-electron chi connectivity index (χ3n) is 2.91. The summed E-state index contributed by atoms with van der Waals surface area (Å²) in [6.45, 7) is 0.0863. The lowest BCUT2D eigenvalue weighted by Gasteiger charge is -2.12. The Bertz CT molecular complexity index is 659. The van der Waals surface area contributed by atoms with Crippen molar-refractivity contribution < 1.29 is 14.1 Å². The van der Waals surface area contributed by atoms with Crippen molar-refractivity contribution in [3.63, 3.8) is 0 Å². The normalized spacial score (nSPS) is 10.2. The van der Waals surface area contributed by atoms with E-state index >= 15 is 0 Å². The number of benzene rings is 2. The molecule has 0 aromatic heterocycles. The summed E-state index contributed by atoms with van der Waals surface area (Å²) in [5, 5.41) is 14.0. The fourth-order valence-electron chi connectivity index (χ4n) is 1.83. The fraction of sp³-hybridized carbons (Fsp3) is 0.143. The van der Waals surface area contributed by atoms with E-state index in [0.29, 0.717) is 11.4 Å². The molecule has 2 aromatic carbocycles. The third kappa shape index (κ3) is 3.41. The molecule has 0 unspecified atom stereocenters. The van der Waals surface area contributed by atoms with Crippen LogP contribution in [0.5, 0.6) is 5.75 Å². The van der Waals surface area contributed by atoms with Crippen molar-refractivity contribution in [1.29, 1.82) is 0 Å². The largest absolute Gasteiger partial charge is 0.495 e. The quantitative estimate of drug-likeness (QED) is 0.669. The average molecular weight is 311 g/mol. The van der Waals surface area contributed by atoms with Crippen LogP contribution in [0.2, 0.25) is 5.02 Å². The molecule has 2 rings (SSSR count). The van der Waals surface area contributed by atoms with Crippen LogP contribution in [0.15, 0.2) is 36.4 Å². The predicted octanol–water partition coefficient (Wildman–Crippen LogP) is 4.01. The van der Waals surface area contributed by atoms with Crippen molar-refractivity contribution in [2.24, 2.45) is 0 Å². The summed E-state index contributed by atoms with van der Waals surface area (Å²) in [6, 6.07) is 8.52. The summed E-state index contributed by atoms with van der Waals surface area (Å²) in [5.41, 5.74) is 0.594. The molecular formula is C14H12ClFN2O3. The van der Waals surface area contributed by atoms with Gasteiger partial charge in [-0.1, -0.05) is 17.7 Å². The van der Waals surface area contributed by atoms with E-state index in [1.54, 1.807) is 6.07 Å². The summed E-state index contributed by atoms with van der Waals surface area (Å²) >= 11 is 5.93. The molecule has 0 amide bonds. The number of rotatable bonds is 5.